The van der Waals surface area contributed by atoms with Crippen LogP contribution in [0.15, 0.2) is 89.6 Å². The van der Waals surface area contributed by atoms with Gasteiger partial charge in [-0.25, -0.2) is 0 Å². The van der Waals surface area contributed by atoms with Crippen molar-refractivity contribution in [1.82, 2.24) is 0 Å². The molecule has 0 saturated carbocycles. The SMILES string of the molecule is C=C(C(=O)CCC)\C(C)=C/C=C(C)/C(CC)=C(/CC)c1cc(C(F)(F)F)ccc1C.CCc1ccccc1. The zero-order valence-electron chi connectivity index (χ0n) is 24.1. The molecular weight excluding hydrogens is 481 g/mol. The van der Waals surface area contributed by atoms with Gasteiger partial charge in [0.2, 0.25) is 0 Å². The van der Waals surface area contributed by atoms with E-state index in [1.807, 2.05) is 59.8 Å². The molecule has 0 bridgehead atoms. The maximum Gasteiger partial charge on any atom is 0.416 e. The van der Waals surface area contributed by atoms with Gasteiger partial charge >= 0.3 is 6.18 Å². The van der Waals surface area contributed by atoms with Crippen molar-refractivity contribution in [3.63, 3.8) is 0 Å². The summed E-state index contributed by atoms with van der Waals surface area (Å²) in [5, 5.41) is 0. The predicted molar refractivity (Wildman–Crippen MR) is 156 cm³/mol. The summed E-state index contributed by atoms with van der Waals surface area (Å²) < 4.78 is 39.7. The molecule has 0 atom stereocenters. The van der Waals surface area contributed by atoms with Gasteiger partial charge in [-0.05, 0) is 97.6 Å². The topological polar surface area (TPSA) is 17.1 Å². The minimum absolute atomic E-state index is 0.0393. The average molecular weight is 525 g/mol. The van der Waals surface area contributed by atoms with Crippen LogP contribution in [-0.4, -0.2) is 5.78 Å². The molecule has 0 fully saturated rings. The van der Waals surface area contributed by atoms with E-state index in [9.17, 15) is 18.0 Å². The van der Waals surface area contributed by atoms with Crippen LogP contribution in [0, 0.1) is 6.92 Å². The van der Waals surface area contributed by atoms with Crippen LogP contribution in [0.5, 0.6) is 0 Å². The minimum Gasteiger partial charge on any atom is -0.294 e. The molecule has 0 spiro atoms. The fourth-order valence-electron chi connectivity index (χ4n) is 4.18. The van der Waals surface area contributed by atoms with Crippen molar-refractivity contribution in [2.45, 2.75) is 86.7 Å². The third kappa shape index (κ3) is 9.96. The Kier molecular flexibility index (Phi) is 13.8. The second-order valence-corrected chi connectivity index (χ2v) is 9.38. The maximum atomic E-state index is 13.2. The molecule has 2 aromatic carbocycles. The number of alkyl halides is 3. The van der Waals surface area contributed by atoms with Gasteiger partial charge in [-0.2, -0.15) is 13.2 Å². The molecule has 38 heavy (non-hydrogen) atoms. The highest BCUT2D eigenvalue weighted by Gasteiger charge is 2.31. The van der Waals surface area contributed by atoms with Gasteiger partial charge in [0.05, 0.1) is 5.56 Å². The lowest BCUT2D eigenvalue weighted by atomic mass is 9.88. The number of allylic oxidation sites excluding steroid dienone is 7. The molecule has 4 heteroatoms. The second kappa shape index (κ2) is 16.0. The molecule has 0 heterocycles. The summed E-state index contributed by atoms with van der Waals surface area (Å²) in [6.07, 6.45) is 3.14. The zero-order valence-corrected chi connectivity index (χ0v) is 24.1. The molecule has 0 aliphatic carbocycles. The van der Waals surface area contributed by atoms with Gasteiger partial charge in [-0.3, -0.25) is 4.79 Å². The van der Waals surface area contributed by atoms with Gasteiger partial charge < -0.3 is 0 Å². The number of Topliss-reactive ketones (excluding diaryl/α,β-unsaturated/α-hetero) is 1. The van der Waals surface area contributed by atoms with Crippen molar-refractivity contribution in [2.24, 2.45) is 0 Å². The Bertz CT molecular complexity index is 1160. The highest BCUT2D eigenvalue weighted by molar-refractivity contribution is 5.98. The van der Waals surface area contributed by atoms with Gasteiger partial charge in [0, 0.05) is 12.0 Å². The molecule has 0 saturated heterocycles. The molecule has 2 aromatic rings. The first-order valence-electron chi connectivity index (χ1n) is 13.4. The Morgan fingerprint density at radius 2 is 1.50 bits per heavy atom. The normalized spacial score (nSPS) is 12.9. The van der Waals surface area contributed by atoms with Gasteiger partial charge in [-0.15, -0.1) is 0 Å². The highest BCUT2D eigenvalue weighted by Crippen LogP contribution is 2.36. The lowest BCUT2D eigenvalue weighted by Crippen LogP contribution is -2.06. The third-order valence-corrected chi connectivity index (χ3v) is 6.56. The monoisotopic (exact) mass is 524 g/mol. The molecule has 1 nitrogen and oxygen atoms in total. The highest BCUT2D eigenvalue weighted by atomic mass is 19.4. The number of carbonyl (C=O) groups excluding carboxylic acids is 1. The van der Waals surface area contributed by atoms with Gasteiger partial charge in [0.25, 0.3) is 0 Å². The average Bonchev–Trinajstić information content (AvgIpc) is 2.90. The predicted octanol–water partition coefficient (Wildman–Crippen LogP) is 10.7. The van der Waals surface area contributed by atoms with Crippen LogP contribution >= 0.6 is 0 Å². The molecule has 0 aliphatic heterocycles. The van der Waals surface area contributed by atoms with Crippen LogP contribution in [0.3, 0.4) is 0 Å². The number of carbonyl (C=O) groups is 1. The van der Waals surface area contributed by atoms with Crippen LogP contribution < -0.4 is 0 Å². The number of halogens is 3. The van der Waals surface area contributed by atoms with E-state index in [1.54, 1.807) is 0 Å². The van der Waals surface area contributed by atoms with Crippen molar-refractivity contribution >= 4 is 11.4 Å². The summed E-state index contributed by atoms with van der Waals surface area (Å²) in [7, 11) is 0. The number of benzene rings is 2. The fraction of sp³-hybridized carbons (Fsp3) is 0.382. The van der Waals surface area contributed by atoms with Crippen molar-refractivity contribution in [3.05, 3.63) is 112 Å². The maximum absolute atomic E-state index is 13.2. The summed E-state index contributed by atoms with van der Waals surface area (Å²) >= 11 is 0. The Morgan fingerprint density at radius 3 is 1.97 bits per heavy atom. The van der Waals surface area contributed by atoms with Gasteiger partial charge in [-0.1, -0.05) is 82.8 Å². The molecule has 206 valence electrons. The first kappa shape index (κ1) is 32.9. The van der Waals surface area contributed by atoms with E-state index in [4.69, 9.17) is 0 Å². The summed E-state index contributed by atoms with van der Waals surface area (Å²) in [6, 6.07) is 14.4. The van der Waals surface area contributed by atoms with Crippen molar-refractivity contribution in [2.75, 3.05) is 0 Å². The summed E-state index contributed by atoms with van der Waals surface area (Å²) in [4.78, 5) is 12.0. The number of rotatable bonds is 10. The van der Waals surface area contributed by atoms with E-state index >= 15 is 0 Å². The summed E-state index contributed by atoms with van der Waals surface area (Å²) in [6.45, 7) is 17.6. The number of aryl methyl sites for hydroxylation is 2. The fourth-order valence-corrected chi connectivity index (χ4v) is 4.18. The first-order valence-corrected chi connectivity index (χ1v) is 13.4. The summed E-state index contributed by atoms with van der Waals surface area (Å²) in [5.41, 5.74) is 6.46. The van der Waals surface area contributed by atoms with Crippen LogP contribution in [0.4, 0.5) is 13.2 Å². The van der Waals surface area contributed by atoms with Crippen LogP contribution in [0.2, 0.25) is 0 Å². The Balaban J connectivity index is 0.000000763. The van der Waals surface area contributed by atoms with Crippen LogP contribution in [0.1, 0.15) is 89.5 Å². The standard InChI is InChI=1S/C26H33F3O.C8H10/c1-8-11-25(30)20(7)17(4)12-13-18(5)22(9-2)23(10-3)24-16-21(26(27,28)29)15-14-19(24)6;1-2-8-6-4-3-5-7-8/h12-16H,7-11H2,1-6H3;3-7H,2H2,1H3/b17-12-,18-13+,23-22-;. The lowest BCUT2D eigenvalue weighted by Gasteiger charge is -2.18. The molecule has 0 aromatic heterocycles. The van der Waals surface area contributed by atoms with E-state index < -0.39 is 11.7 Å². The molecule has 2 rings (SSSR count). The van der Waals surface area contributed by atoms with Gasteiger partial charge in [0.1, 0.15) is 0 Å². The number of hydrogen-bond acceptors (Lipinski definition) is 1. The Hall–Kier alpha value is -3.14. The third-order valence-electron chi connectivity index (χ3n) is 6.56. The second-order valence-electron chi connectivity index (χ2n) is 9.38. The minimum atomic E-state index is -4.37. The molecule has 0 amide bonds. The summed E-state index contributed by atoms with van der Waals surface area (Å²) in [5.74, 6) is 0.0393. The molecule has 0 aliphatic rings. The van der Waals surface area contributed by atoms with Crippen molar-refractivity contribution in [3.8, 4) is 0 Å². The van der Waals surface area contributed by atoms with Crippen molar-refractivity contribution < 1.29 is 18.0 Å². The molecule has 0 radical (unpaired) electrons. The first-order chi connectivity index (χ1) is 17.9. The number of ketones is 1. The van der Waals surface area contributed by atoms with Crippen LogP contribution in [-0.2, 0) is 17.4 Å². The molecular formula is C34H43F3O. The Morgan fingerprint density at radius 1 is 0.895 bits per heavy atom. The van der Waals surface area contributed by atoms with Gasteiger partial charge in [0.15, 0.2) is 5.78 Å². The number of hydrogen-bond donors (Lipinski definition) is 0. The Labute approximate surface area is 227 Å². The largest absolute Gasteiger partial charge is 0.416 e. The quantitative estimate of drug-likeness (QED) is 0.223. The smallest absolute Gasteiger partial charge is 0.294 e. The van der Waals surface area contributed by atoms with Crippen LogP contribution in [0.25, 0.3) is 5.57 Å². The van der Waals surface area contributed by atoms with E-state index in [1.165, 1.54) is 17.7 Å². The van der Waals surface area contributed by atoms with E-state index in [0.717, 1.165) is 46.8 Å². The van der Waals surface area contributed by atoms with E-state index in [-0.39, 0.29) is 5.78 Å². The van der Waals surface area contributed by atoms with Crippen molar-refractivity contribution in [1.29, 1.82) is 0 Å². The zero-order chi connectivity index (χ0) is 28.9. The molecule has 0 N–H and O–H groups in total. The lowest BCUT2D eigenvalue weighted by molar-refractivity contribution is -0.137. The van der Waals surface area contributed by atoms with E-state index in [0.29, 0.717) is 30.4 Å². The van der Waals surface area contributed by atoms with E-state index in [2.05, 4.69) is 37.8 Å². The molecule has 0 unspecified atom stereocenters.